The quantitative estimate of drug-likeness (QED) is 0.735. The van der Waals surface area contributed by atoms with Gasteiger partial charge in [-0.2, -0.15) is 4.31 Å². The van der Waals surface area contributed by atoms with Crippen molar-refractivity contribution in [2.45, 2.75) is 62.2 Å². The number of amides is 1. The third kappa shape index (κ3) is 4.85. The molecule has 0 radical (unpaired) electrons. The van der Waals surface area contributed by atoms with Crippen molar-refractivity contribution in [3.05, 3.63) is 17.0 Å². The van der Waals surface area contributed by atoms with Crippen molar-refractivity contribution < 1.29 is 13.2 Å². The first-order valence-corrected chi connectivity index (χ1v) is 11.7. The Kier molecular flexibility index (Phi) is 6.37. The van der Waals surface area contributed by atoms with E-state index in [0.717, 1.165) is 24.1 Å². The summed E-state index contributed by atoms with van der Waals surface area (Å²) in [6.45, 7) is 5.73. The molecule has 3 heterocycles. The lowest BCUT2D eigenvalue weighted by molar-refractivity contribution is -0.121. The largest absolute Gasteiger partial charge is 0.356 e. The van der Waals surface area contributed by atoms with Crippen LogP contribution in [0.3, 0.4) is 0 Å². The van der Waals surface area contributed by atoms with Crippen LogP contribution in [-0.2, 0) is 21.2 Å². The van der Waals surface area contributed by atoms with Gasteiger partial charge in [-0.1, -0.05) is 13.8 Å². The SMILES string of the molecule is CC(C)CC(=O)NCCc1ccc(S(=O)(=O)N2CCC3CCC(C2)N3)s1. The average molecular weight is 400 g/mol. The van der Waals surface area contributed by atoms with Crippen LogP contribution in [0.2, 0.25) is 0 Å². The van der Waals surface area contributed by atoms with E-state index in [1.807, 2.05) is 19.9 Å². The lowest BCUT2D eigenvalue weighted by Crippen LogP contribution is -2.38. The van der Waals surface area contributed by atoms with Crippen LogP contribution in [0.4, 0.5) is 0 Å². The van der Waals surface area contributed by atoms with Gasteiger partial charge in [0.15, 0.2) is 0 Å². The number of carbonyl (C=O) groups excluding carboxylic acids is 1. The Morgan fingerprint density at radius 1 is 1.31 bits per heavy atom. The molecule has 26 heavy (non-hydrogen) atoms. The molecule has 3 rings (SSSR count). The molecule has 2 N–H and O–H groups in total. The van der Waals surface area contributed by atoms with E-state index in [0.29, 0.717) is 48.6 Å². The molecule has 0 aromatic carbocycles. The molecular formula is C18H29N3O3S2. The number of rotatable bonds is 7. The number of thiophene rings is 1. The summed E-state index contributed by atoms with van der Waals surface area (Å²) in [6.07, 6.45) is 4.29. The Morgan fingerprint density at radius 3 is 2.85 bits per heavy atom. The third-order valence-corrected chi connectivity index (χ3v) is 8.48. The van der Waals surface area contributed by atoms with Crippen LogP contribution in [0, 0.1) is 5.92 Å². The molecule has 1 aromatic heterocycles. The summed E-state index contributed by atoms with van der Waals surface area (Å²) in [5, 5.41) is 6.42. The van der Waals surface area contributed by atoms with E-state index >= 15 is 0 Å². The minimum atomic E-state index is -3.42. The van der Waals surface area contributed by atoms with E-state index in [9.17, 15) is 13.2 Å². The topological polar surface area (TPSA) is 78.5 Å². The minimum Gasteiger partial charge on any atom is -0.356 e. The van der Waals surface area contributed by atoms with Gasteiger partial charge in [0, 0.05) is 43.0 Å². The zero-order chi connectivity index (χ0) is 18.7. The van der Waals surface area contributed by atoms with Crippen LogP contribution >= 0.6 is 11.3 Å². The summed E-state index contributed by atoms with van der Waals surface area (Å²) < 4.78 is 28.0. The van der Waals surface area contributed by atoms with Crippen LogP contribution < -0.4 is 10.6 Å². The summed E-state index contributed by atoms with van der Waals surface area (Å²) >= 11 is 1.32. The highest BCUT2D eigenvalue weighted by Crippen LogP contribution is 2.29. The maximum Gasteiger partial charge on any atom is 0.252 e. The number of sulfonamides is 1. The molecule has 2 saturated heterocycles. The van der Waals surface area contributed by atoms with Crippen LogP contribution in [0.5, 0.6) is 0 Å². The van der Waals surface area contributed by atoms with E-state index in [-0.39, 0.29) is 11.9 Å². The molecule has 2 fully saturated rings. The number of hydrogen-bond donors (Lipinski definition) is 2. The number of nitrogens with zero attached hydrogens (tertiary/aromatic N) is 1. The molecule has 146 valence electrons. The predicted octanol–water partition coefficient (Wildman–Crippen LogP) is 1.97. The summed E-state index contributed by atoms with van der Waals surface area (Å²) in [4.78, 5) is 12.7. The summed E-state index contributed by atoms with van der Waals surface area (Å²) in [7, 11) is -3.42. The van der Waals surface area contributed by atoms with Crippen molar-refractivity contribution in [1.29, 1.82) is 0 Å². The van der Waals surface area contributed by atoms with Crippen LogP contribution in [0.25, 0.3) is 0 Å². The van der Waals surface area contributed by atoms with E-state index in [2.05, 4.69) is 10.6 Å². The second kappa shape index (κ2) is 8.37. The highest BCUT2D eigenvalue weighted by atomic mass is 32.2. The maximum absolute atomic E-state index is 13.0. The fourth-order valence-corrected chi connectivity index (χ4v) is 6.67. The van der Waals surface area contributed by atoms with Crippen molar-refractivity contribution >= 4 is 27.3 Å². The van der Waals surface area contributed by atoms with Crippen LogP contribution in [-0.4, -0.2) is 50.3 Å². The van der Waals surface area contributed by atoms with Gasteiger partial charge in [-0.3, -0.25) is 4.79 Å². The molecule has 0 spiro atoms. The zero-order valence-corrected chi connectivity index (χ0v) is 17.2. The summed E-state index contributed by atoms with van der Waals surface area (Å²) in [5.74, 6) is 0.392. The molecular weight excluding hydrogens is 370 g/mol. The number of carbonyl (C=O) groups is 1. The fraction of sp³-hybridized carbons (Fsp3) is 0.722. The molecule has 2 atom stereocenters. The van der Waals surface area contributed by atoms with E-state index in [1.54, 1.807) is 10.4 Å². The molecule has 2 bridgehead atoms. The van der Waals surface area contributed by atoms with Gasteiger partial charge in [-0.25, -0.2) is 8.42 Å². The predicted molar refractivity (Wildman–Crippen MR) is 104 cm³/mol. The summed E-state index contributed by atoms with van der Waals surface area (Å²) in [6, 6.07) is 4.33. The van der Waals surface area contributed by atoms with Gasteiger partial charge in [0.05, 0.1) is 0 Å². The molecule has 2 aliphatic rings. The Balaban J connectivity index is 1.57. The van der Waals surface area contributed by atoms with Gasteiger partial charge in [0.25, 0.3) is 10.0 Å². The van der Waals surface area contributed by atoms with Crippen LogP contribution in [0.1, 0.15) is 44.4 Å². The van der Waals surface area contributed by atoms with Crippen molar-refractivity contribution in [1.82, 2.24) is 14.9 Å². The van der Waals surface area contributed by atoms with Gasteiger partial charge >= 0.3 is 0 Å². The Bertz CT molecular complexity index is 730. The molecule has 6 nitrogen and oxygen atoms in total. The van der Waals surface area contributed by atoms with Crippen molar-refractivity contribution in [3.63, 3.8) is 0 Å². The first kappa shape index (κ1) is 19.8. The lowest BCUT2D eigenvalue weighted by atomic mass is 10.1. The van der Waals surface area contributed by atoms with Gasteiger partial charge in [-0.15, -0.1) is 11.3 Å². The van der Waals surface area contributed by atoms with Gasteiger partial charge < -0.3 is 10.6 Å². The van der Waals surface area contributed by atoms with E-state index in [4.69, 9.17) is 0 Å². The lowest BCUT2D eigenvalue weighted by Gasteiger charge is -2.22. The summed E-state index contributed by atoms with van der Waals surface area (Å²) in [5.41, 5.74) is 0. The minimum absolute atomic E-state index is 0.0523. The molecule has 8 heteroatoms. The first-order chi connectivity index (χ1) is 12.3. The van der Waals surface area contributed by atoms with Crippen molar-refractivity contribution in [2.24, 2.45) is 5.92 Å². The molecule has 0 saturated carbocycles. The highest BCUT2D eigenvalue weighted by molar-refractivity contribution is 7.91. The molecule has 0 aliphatic carbocycles. The van der Waals surface area contributed by atoms with Gasteiger partial charge in [0.1, 0.15) is 4.21 Å². The average Bonchev–Trinajstić information content (AvgIpc) is 3.13. The Hall–Kier alpha value is -0.960. The first-order valence-electron chi connectivity index (χ1n) is 9.46. The van der Waals surface area contributed by atoms with E-state index in [1.165, 1.54) is 11.3 Å². The van der Waals surface area contributed by atoms with E-state index < -0.39 is 10.0 Å². The Labute approximate surface area is 160 Å². The fourth-order valence-electron chi connectivity index (χ4n) is 3.66. The molecule has 2 unspecified atom stereocenters. The number of hydrogen-bond acceptors (Lipinski definition) is 5. The van der Waals surface area contributed by atoms with Gasteiger partial charge in [-0.05, 0) is 43.7 Å². The monoisotopic (exact) mass is 399 g/mol. The highest BCUT2D eigenvalue weighted by Gasteiger charge is 2.35. The third-order valence-electron chi connectivity index (χ3n) is 5.00. The Morgan fingerprint density at radius 2 is 2.08 bits per heavy atom. The second-order valence-electron chi connectivity index (χ2n) is 7.71. The zero-order valence-electron chi connectivity index (χ0n) is 15.5. The molecule has 2 aliphatic heterocycles. The number of nitrogens with one attached hydrogen (secondary N) is 2. The van der Waals surface area contributed by atoms with Gasteiger partial charge in [0.2, 0.25) is 5.91 Å². The normalized spacial score (nSPS) is 24.0. The molecule has 1 amide bonds. The number of fused-ring (bicyclic) bond motifs is 2. The standard InChI is InChI=1S/C18H29N3O3S2/c1-13(2)11-17(22)19-9-7-16-5-6-18(25-16)26(23,24)21-10-8-14-3-4-15(12-21)20-14/h5-6,13-15,20H,3-4,7-12H2,1-2H3,(H,19,22). The van der Waals surface area contributed by atoms with Crippen molar-refractivity contribution in [3.8, 4) is 0 Å². The molecule has 1 aromatic rings. The van der Waals surface area contributed by atoms with Crippen molar-refractivity contribution in [2.75, 3.05) is 19.6 Å². The smallest absolute Gasteiger partial charge is 0.252 e. The second-order valence-corrected chi connectivity index (χ2v) is 11.0. The van der Waals surface area contributed by atoms with Crippen LogP contribution in [0.15, 0.2) is 16.3 Å². The maximum atomic E-state index is 13.0.